The number of carbonyl (C=O) groups is 1. The number of ether oxygens (including phenoxy) is 1. The Balaban J connectivity index is 1.69. The molecule has 0 aliphatic carbocycles. The number of hydrogen-bond acceptors (Lipinski definition) is 5. The van der Waals surface area contributed by atoms with Crippen LogP contribution < -0.4 is 10.1 Å². The Bertz CT molecular complexity index is 901. The highest BCUT2D eigenvalue weighted by Crippen LogP contribution is 2.35. The van der Waals surface area contributed by atoms with Gasteiger partial charge >= 0.3 is 0 Å². The third-order valence-electron chi connectivity index (χ3n) is 3.75. The van der Waals surface area contributed by atoms with Crippen LogP contribution in [0.1, 0.15) is 12.5 Å². The maximum Gasteiger partial charge on any atom is 0.267 e. The van der Waals surface area contributed by atoms with Gasteiger partial charge in [0, 0.05) is 5.69 Å². The molecule has 140 valence electrons. The molecule has 1 aliphatic heterocycles. The van der Waals surface area contributed by atoms with Crippen molar-refractivity contribution in [1.82, 2.24) is 4.90 Å². The highest BCUT2D eigenvalue weighted by Gasteiger charge is 2.32. The molecule has 1 heterocycles. The van der Waals surface area contributed by atoms with Crippen molar-refractivity contribution in [2.75, 3.05) is 18.6 Å². The molecule has 0 radical (unpaired) electrons. The zero-order chi connectivity index (χ0) is 19.4. The number of rotatable bonds is 6. The lowest BCUT2D eigenvalue weighted by Crippen LogP contribution is -2.33. The molecule has 0 bridgehead atoms. The van der Waals surface area contributed by atoms with Gasteiger partial charge in [-0.25, -0.2) is 0 Å². The number of halogens is 2. The summed E-state index contributed by atoms with van der Waals surface area (Å²) in [4.78, 5) is 14.7. The summed E-state index contributed by atoms with van der Waals surface area (Å²) in [5.41, 5.74) is 1.55. The minimum Gasteiger partial charge on any atom is -0.494 e. The molecule has 0 atom stereocenters. The number of thiocarbonyl (C=S) groups is 1. The second-order valence-electron chi connectivity index (χ2n) is 5.55. The van der Waals surface area contributed by atoms with E-state index < -0.39 is 0 Å². The van der Waals surface area contributed by atoms with Crippen LogP contribution in [0.2, 0.25) is 10.0 Å². The van der Waals surface area contributed by atoms with Crippen molar-refractivity contribution < 1.29 is 9.53 Å². The molecule has 0 spiro atoms. The molecule has 0 saturated carbocycles. The van der Waals surface area contributed by atoms with Gasteiger partial charge < -0.3 is 10.1 Å². The fourth-order valence-corrected chi connectivity index (χ4v) is 4.02. The summed E-state index contributed by atoms with van der Waals surface area (Å²) in [7, 11) is 0. The van der Waals surface area contributed by atoms with E-state index >= 15 is 0 Å². The van der Waals surface area contributed by atoms with E-state index in [1.54, 1.807) is 24.3 Å². The lowest BCUT2D eigenvalue weighted by molar-refractivity contribution is -0.121. The molecule has 1 aliphatic rings. The van der Waals surface area contributed by atoms with Gasteiger partial charge in [-0.05, 0) is 48.9 Å². The van der Waals surface area contributed by atoms with Gasteiger partial charge in [-0.3, -0.25) is 9.69 Å². The smallest absolute Gasteiger partial charge is 0.267 e. The first-order valence-corrected chi connectivity index (χ1v) is 10.1. The zero-order valence-corrected chi connectivity index (χ0v) is 17.5. The third kappa shape index (κ3) is 4.76. The van der Waals surface area contributed by atoms with Crippen molar-refractivity contribution >= 4 is 69.2 Å². The third-order valence-corrected chi connectivity index (χ3v) is 5.96. The van der Waals surface area contributed by atoms with E-state index in [4.69, 9.17) is 40.2 Å². The van der Waals surface area contributed by atoms with Crippen LogP contribution in [0.4, 0.5) is 5.69 Å². The second kappa shape index (κ2) is 8.97. The Kier molecular flexibility index (Phi) is 6.65. The van der Waals surface area contributed by atoms with Gasteiger partial charge in [0.1, 0.15) is 10.1 Å². The van der Waals surface area contributed by atoms with E-state index in [-0.39, 0.29) is 12.6 Å². The molecule has 2 aromatic rings. The number of anilines is 1. The summed E-state index contributed by atoms with van der Waals surface area (Å²) in [5.74, 6) is 0.634. The van der Waals surface area contributed by atoms with E-state index in [1.807, 2.05) is 31.2 Å². The molecule has 4 nitrogen and oxygen atoms in total. The number of hydrogen-bond donors (Lipinski definition) is 1. The first-order valence-electron chi connectivity index (χ1n) is 8.15. The van der Waals surface area contributed by atoms with Crippen molar-refractivity contribution in [3.8, 4) is 5.75 Å². The number of nitrogens with one attached hydrogen (secondary N) is 1. The average Bonchev–Trinajstić information content (AvgIpc) is 2.92. The molecule has 0 aromatic heterocycles. The van der Waals surface area contributed by atoms with Crippen molar-refractivity contribution in [2.45, 2.75) is 6.92 Å². The summed E-state index contributed by atoms with van der Waals surface area (Å²) in [6.07, 6.45) is 1.71. The average molecular weight is 439 g/mol. The Hall–Kier alpha value is -1.73. The van der Waals surface area contributed by atoms with E-state index in [2.05, 4.69) is 5.32 Å². The molecule has 1 N–H and O–H groups in total. The predicted molar refractivity (Wildman–Crippen MR) is 118 cm³/mol. The SMILES string of the molecule is CCOc1ccc(NCN2C(=O)C(=Cc3cccc(Cl)c3Cl)SC2=S)cc1. The van der Waals surface area contributed by atoms with Gasteiger partial charge in [-0.1, -0.05) is 59.3 Å². The first kappa shape index (κ1) is 20.0. The maximum atomic E-state index is 12.7. The topological polar surface area (TPSA) is 41.6 Å². The molecule has 2 aromatic carbocycles. The number of thioether (sulfide) groups is 1. The van der Waals surface area contributed by atoms with Gasteiger partial charge in [-0.2, -0.15) is 0 Å². The lowest BCUT2D eigenvalue weighted by atomic mass is 10.2. The van der Waals surface area contributed by atoms with Crippen LogP contribution in [0.15, 0.2) is 47.4 Å². The Morgan fingerprint density at radius 1 is 1.22 bits per heavy atom. The highest BCUT2D eigenvalue weighted by atomic mass is 35.5. The predicted octanol–water partition coefficient (Wildman–Crippen LogP) is 5.66. The Morgan fingerprint density at radius 3 is 2.67 bits per heavy atom. The molecule has 1 fully saturated rings. The van der Waals surface area contributed by atoms with Gasteiger partial charge in [0.15, 0.2) is 0 Å². The summed E-state index contributed by atoms with van der Waals surface area (Å²) in [5, 5.41) is 4.05. The summed E-state index contributed by atoms with van der Waals surface area (Å²) in [6, 6.07) is 12.8. The zero-order valence-electron chi connectivity index (χ0n) is 14.4. The minimum absolute atomic E-state index is 0.167. The normalized spacial score (nSPS) is 15.5. The van der Waals surface area contributed by atoms with Crippen LogP contribution in [-0.2, 0) is 4.79 Å². The van der Waals surface area contributed by atoms with Crippen molar-refractivity contribution in [3.05, 3.63) is 63.0 Å². The summed E-state index contributed by atoms with van der Waals surface area (Å²) in [6.45, 7) is 2.83. The Morgan fingerprint density at radius 2 is 1.96 bits per heavy atom. The molecular formula is C19H16Cl2N2O2S2. The minimum atomic E-state index is -0.167. The number of amides is 1. The lowest BCUT2D eigenvalue weighted by Gasteiger charge is -2.16. The van der Waals surface area contributed by atoms with Gasteiger partial charge in [0.25, 0.3) is 5.91 Å². The van der Waals surface area contributed by atoms with E-state index in [9.17, 15) is 4.79 Å². The molecular weight excluding hydrogens is 423 g/mol. The van der Waals surface area contributed by atoms with Crippen LogP contribution >= 0.6 is 47.2 Å². The molecule has 1 amide bonds. The van der Waals surface area contributed by atoms with Gasteiger partial charge in [0.05, 0.1) is 28.2 Å². The van der Waals surface area contributed by atoms with E-state index in [0.29, 0.717) is 31.4 Å². The van der Waals surface area contributed by atoms with E-state index in [1.165, 1.54) is 16.7 Å². The quantitative estimate of drug-likeness (QED) is 0.465. The molecule has 3 rings (SSSR count). The van der Waals surface area contributed by atoms with Gasteiger partial charge in [-0.15, -0.1) is 0 Å². The van der Waals surface area contributed by atoms with Crippen LogP contribution in [0.3, 0.4) is 0 Å². The van der Waals surface area contributed by atoms with Crippen molar-refractivity contribution in [3.63, 3.8) is 0 Å². The number of carbonyl (C=O) groups excluding carboxylic acids is 1. The van der Waals surface area contributed by atoms with Crippen LogP contribution in [0.5, 0.6) is 5.75 Å². The first-order chi connectivity index (χ1) is 13.0. The number of nitrogens with zero attached hydrogens (tertiary/aromatic N) is 1. The van der Waals surface area contributed by atoms with Crippen molar-refractivity contribution in [2.24, 2.45) is 0 Å². The second-order valence-corrected chi connectivity index (χ2v) is 8.01. The maximum absolute atomic E-state index is 12.7. The van der Waals surface area contributed by atoms with Crippen LogP contribution in [0.25, 0.3) is 6.08 Å². The number of benzene rings is 2. The molecule has 1 saturated heterocycles. The van der Waals surface area contributed by atoms with Crippen LogP contribution in [-0.4, -0.2) is 28.4 Å². The Labute approximate surface area is 177 Å². The monoisotopic (exact) mass is 438 g/mol. The summed E-state index contributed by atoms with van der Waals surface area (Å²) >= 11 is 18.8. The molecule has 0 unspecified atom stereocenters. The fourth-order valence-electron chi connectivity index (χ4n) is 2.42. The fraction of sp³-hybridized carbons (Fsp3) is 0.158. The molecule has 27 heavy (non-hydrogen) atoms. The summed E-state index contributed by atoms with van der Waals surface area (Å²) < 4.78 is 5.91. The van der Waals surface area contributed by atoms with E-state index in [0.717, 1.165) is 11.4 Å². The largest absolute Gasteiger partial charge is 0.494 e. The van der Waals surface area contributed by atoms with Crippen LogP contribution in [0, 0.1) is 0 Å². The standard InChI is InChI=1S/C19H16Cl2N2O2S2/c1-2-25-14-8-6-13(7-9-14)22-11-23-18(24)16(27-19(23)26)10-12-4-3-5-15(20)17(12)21/h3-10,22H,2,11H2,1H3. The van der Waals surface area contributed by atoms with Crippen molar-refractivity contribution in [1.29, 1.82) is 0 Å². The molecule has 8 heteroatoms. The van der Waals surface area contributed by atoms with Gasteiger partial charge in [0.2, 0.25) is 0 Å². The highest BCUT2D eigenvalue weighted by molar-refractivity contribution is 8.26.